The highest BCUT2D eigenvalue weighted by atomic mass is 16.3. The predicted molar refractivity (Wildman–Crippen MR) is 160 cm³/mol. The number of hydrogen-bond acceptors (Lipinski definition) is 10. The van der Waals surface area contributed by atoms with Crippen LogP contribution in [0.25, 0.3) is 0 Å². The number of phenolic OH excluding ortho intramolecular Hbond substituents is 1. The molecule has 6 atom stereocenters. The van der Waals surface area contributed by atoms with Gasteiger partial charge in [0, 0.05) is 56.5 Å². The Hall–Kier alpha value is -3.21. The first-order chi connectivity index (χ1) is 20.3. The van der Waals surface area contributed by atoms with Crippen LogP contribution in [0, 0.1) is 23.7 Å². The third kappa shape index (κ3) is 4.36. The van der Waals surface area contributed by atoms with E-state index >= 15 is 0 Å². The molecule has 2 unspecified atom stereocenters. The largest absolute Gasteiger partial charge is 0.510 e. The summed E-state index contributed by atoms with van der Waals surface area (Å²) in [6.07, 6.45) is 5.36. The number of likely N-dealkylation sites (N-methyl/N-ethyl adjacent to an activating group) is 1. The van der Waals surface area contributed by atoms with Gasteiger partial charge in [-0.3, -0.25) is 24.2 Å². The fraction of sp³-hybridized carbons (Fsp3) is 0.606. The maximum Gasteiger partial charge on any atom is 0.209 e. The van der Waals surface area contributed by atoms with Crippen LogP contribution in [0.15, 0.2) is 28.7 Å². The fourth-order valence-corrected chi connectivity index (χ4v) is 8.85. The Balaban J connectivity index is 1.45. The summed E-state index contributed by atoms with van der Waals surface area (Å²) >= 11 is 0. The molecular formula is C33H43N3O7. The van der Waals surface area contributed by atoms with Gasteiger partial charge in [0.1, 0.15) is 22.8 Å². The molecule has 1 heterocycles. The molecule has 0 aromatic heterocycles. The Kier molecular flexibility index (Phi) is 7.26. The summed E-state index contributed by atoms with van der Waals surface area (Å²) in [5.74, 6) is -4.06. The number of anilines is 1. The molecule has 4 N–H and O–H groups in total. The number of aliphatic hydroxyl groups excluding tert-OH is 2. The van der Waals surface area contributed by atoms with E-state index in [0.29, 0.717) is 35.9 Å². The number of phenols is 1. The van der Waals surface area contributed by atoms with Crippen molar-refractivity contribution in [2.75, 3.05) is 46.2 Å². The molecule has 1 aliphatic heterocycles. The van der Waals surface area contributed by atoms with Gasteiger partial charge < -0.3 is 25.3 Å². The summed E-state index contributed by atoms with van der Waals surface area (Å²) < 4.78 is 0. The summed E-state index contributed by atoms with van der Waals surface area (Å²) in [6, 6.07) is 1.02. The van der Waals surface area contributed by atoms with Gasteiger partial charge in [-0.15, -0.1) is 0 Å². The fourth-order valence-electron chi connectivity index (χ4n) is 8.85. The maximum absolute atomic E-state index is 14.3. The minimum atomic E-state index is -2.56. The van der Waals surface area contributed by atoms with Gasteiger partial charge in [0.2, 0.25) is 5.78 Å². The Morgan fingerprint density at radius 2 is 1.67 bits per heavy atom. The normalized spacial score (nSPS) is 32.5. The average Bonchev–Trinajstić information content (AvgIpc) is 3.34. The summed E-state index contributed by atoms with van der Waals surface area (Å²) in [5.41, 5.74) is -1.05. The second-order valence-corrected chi connectivity index (χ2v) is 13.8. The van der Waals surface area contributed by atoms with Crippen molar-refractivity contribution >= 4 is 23.0 Å². The van der Waals surface area contributed by atoms with E-state index in [4.69, 9.17) is 0 Å². The van der Waals surface area contributed by atoms with Crippen LogP contribution in [0.3, 0.4) is 0 Å². The Labute approximate surface area is 252 Å². The lowest BCUT2D eigenvalue weighted by Crippen LogP contribution is -2.63. The number of carbonyl (C=O) groups is 3. The van der Waals surface area contributed by atoms with Crippen molar-refractivity contribution in [1.29, 1.82) is 0 Å². The molecule has 43 heavy (non-hydrogen) atoms. The molecule has 1 aromatic carbocycles. The molecule has 4 aliphatic carbocycles. The lowest BCUT2D eigenvalue weighted by molar-refractivity contribution is -0.148. The lowest BCUT2D eigenvalue weighted by Gasteiger charge is -2.50. The smallest absolute Gasteiger partial charge is 0.209 e. The van der Waals surface area contributed by atoms with Gasteiger partial charge in [-0.25, -0.2) is 0 Å². The first-order valence-electron chi connectivity index (χ1n) is 15.4. The van der Waals surface area contributed by atoms with Crippen LogP contribution in [0.2, 0.25) is 0 Å². The minimum Gasteiger partial charge on any atom is -0.510 e. The molecule has 6 rings (SSSR count). The molecular weight excluding hydrogens is 550 g/mol. The number of aromatic hydroxyl groups is 1. The first kappa shape index (κ1) is 29.8. The maximum atomic E-state index is 14.3. The zero-order valence-electron chi connectivity index (χ0n) is 25.7. The average molecular weight is 594 g/mol. The van der Waals surface area contributed by atoms with Gasteiger partial charge in [-0.05, 0) is 76.1 Å². The van der Waals surface area contributed by atoms with Crippen LogP contribution in [-0.4, -0.2) is 100 Å². The second kappa shape index (κ2) is 10.5. The molecule has 2 fully saturated rings. The zero-order valence-corrected chi connectivity index (χ0v) is 25.7. The van der Waals surface area contributed by atoms with Crippen LogP contribution in [0.4, 0.5) is 5.69 Å². The van der Waals surface area contributed by atoms with Crippen molar-refractivity contribution < 1.29 is 34.8 Å². The summed E-state index contributed by atoms with van der Waals surface area (Å²) in [7, 11) is 7.10. The zero-order chi connectivity index (χ0) is 31.1. The van der Waals surface area contributed by atoms with Gasteiger partial charge in [-0.1, -0.05) is 12.8 Å². The van der Waals surface area contributed by atoms with E-state index in [9.17, 15) is 34.8 Å². The van der Waals surface area contributed by atoms with E-state index in [-0.39, 0.29) is 23.3 Å². The number of nitrogens with zero attached hydrogens (tertiary/aromatic N) is 3. The molecule has 1 saturated heterocycles. The Morgan fingerprint density at radius 3 is 2.23 bits per heavy atom. The highest BCUT2D eigenvalue weighted by Crippen LogP contribution is 2.53. The Bertz CT molecular complexity index is 1460. The van der Waals surface area contributed by atoms with Crippen molar-refractivity contribution in [2.45, 2.75) is 63.6 Å². The van der Waals surface area contributed by atoms with E-state index in [1.165, 1.54) is 25.7 Å². The number of Topliss-reactive ketones (excluding diaryl/α,β-unsaturated/α-hetero) is 3. The molecule has 232 valence electrons. The van der Waals surface area contributed by atoms with Crippen molar-refractivity contribution in [3.05, 3.63) is 45.4 Å². The topological polar surface area (TPSA) is 142 Å². The van der Waals surface area contributed by atoms with E-state index in [0.717, 1.165) is 25.7 Å². The van der Waals surface area contributed by atoms with Crippen molar-refractivity contribution in [2.24, 2.45) is 23.7 Å². The number of hydrogen-bond donors (Lipinski definition) is 4. The quantitative estimate of drug-likeness (QED) is 0.377. The van der Waals surface area contributed by atoms with Crippen LogP contribution in [-0.2, 0) is 22.6 Å². The number of benzene rings is 1. The van der Waals surface area contributed by atoms with E-state index in [1.54, 1.807) is 19.0 Å². The molecule has 5 aliphatic rings. The van der Waals surface area contributed by atoms with Crippen LogP contribution in [0.1, 0.15) is 60.5 Å². The van der Waals surface area contributed by atoms with E-state index in [1.807, 2.05) is 25.1 Å². The van der Waals surface area contributed by atoms with E-state index in [2.05, 4.69) is 4.90 Å². The van der Waals surface area contributed by atoms with Gasteiger partial charge in [0.25, 0.3) is 0 Å². The SMILES string of the molecule is CC(=O)C1=C(O)[C@@H](N(C)C)[C@@H]2C[C@@H]3Cc4c(N(C)C)cc(CN5CC6CCCCC6C5)c(O)c4C(=O)C3=C(O)[C@]2(O)C1=O. The van der Waals surface area contributed by atoms with E-state index < -0.39 is 57.9 Å². The van der Waals surface area contributed by atoms with Crippen LogP contribution >= 0.6 is 0 Å². The summed E-state index contributed by atoms with van der Waals surface area (Å²) in [6.45, 7) is 3.54. The second-order valence-electron chi connectivity index (χ2n) is 13.8. The van der Waals surface area contributed by atoms with Gasteiger partial charge in [-0.2, -0.15) is 0 Å². The molecule has 0 amide bonds. The number of likely N-dealkylation sites (tertiary alicyclic amines) is 1. The van der Waals surface area contributed by atoms with Crippen LogP contribution < -0.4 is 4.90 Å². The van der Waals surface area contributed by atoms with Gasteiger partial charge >= 0.3 is 0 Å². The number of allylic oxidation sites excluding steroid dienone is 1. The van der Waals surface area contributed by atoms with Crippen molar-refractivity contribution in [3.8, 4) is 5.75 Å². The third-order valence-corrected chi connectivity index (χ3v) is 10.8. The van der Waals surface area contributed by atoms with Crippen molar-refractivity contribution in [3.63, 3.8) is 0 Å². The number of ketones is 3. The van der Waals surface area contributed by atoms with Gasteiger partial charge in [0.15, 0.2) is 17.2 Å². The number of rotatable bonds is 5. The number of fused-ring (bicyclic) bond motifs is 4. The highest BCUT2D eigenvalue weighted by molar-refractivity contribution is 6.25. The van der Waals surface area contributed by atoms with Crippen molar-refractivity contribution in [1.82, 2.24) is 9.80 Å². The molecule has 1 aromatic rings. The molecule has 0 radical (unpaired) electrons. The summed E-state index contributed by atoms with van der Waals surface area (Å²) in [4.78, 5) is 46.3. The van der Waals surface area contributed by atoms with Gasteiger partial charge in [0.05, 0.1) is 11.6 Å². The summed E-state index contributed by atoms with van der Waals surface area (Å²) in [5, 5.41) is 46.2. The first-order valence-corrected chi connectivity index (χ1v) is 15.4. The molecule has 0 bridgehead atoms. The molecule has 1 saturated carbocycles. The van der Waals surface area contributed by atoms with Crippen LogP contribution in [0.5, 0.6) is 5.75 Å². The molecule has 0 spiro atoms. The monoisotopic (exact) mass is 593 g/mol. The molecule has 10 heteroatoms. The number of carbonyl (C=O) groups excluding carboxylic acids is 3. The third-order valence-electron chi connectivity index (χ3n) is 10.8. The minimum absolute atomic E-state index is 0.0928. The number of aliphatic hydroxyl groups is 3. The lowest BCUT2D eigenvalue weighted by atomic mass is 9.58. The Morgan fingerprint density at radius 1 is 1.05 bits per heavy atom. The standard InChI is InChI=1S/C33H43N3O7/c1-16(37)24-30(40)27(35(4)5)22-11-19-10-21-23(34(2)3)12-20(15-36-13-17-8-6-7-9-18(17)14-36)28(38)26(21)29(39)25(19)32(42)33(22,43)31(24)41/h12,17-19,22,27,38,40,42-43H,6-11,13-15H2,1-5H3/t17?,18?,19-,22-,27-,33+/m0/s1. The highest BCUT2D eigenvalue weighted by Gasteiger charge is 2.63. The molecule has 10 nitrogen and oxygen atoms in total. The predicted octanol–water partition coefficient (Wildman–Crippen LogP) is 2.91.